The first kappa shape index (κ1) is 30.9. The predicted molar refractivity (Wildman–Crippen MR) is 144 cm³/mol. The van der Waals surface area contributed by atoms with E-state index in [4.69, 9.17) is 51.2 Å². The van der Waals surface area contributed by atoms with Gasteiger partial charge in [0.2, 0.25) is 0 Å². The fourth-order valence-electron chi connectivity index (χ4n) is 3.79. The maximum atomic E-state index is 15.2. The molecule has 11 nitrogen and oxygen atoms in total. The van der Waals surface area contributed by atoms with Gasteiger partial charge in [-0.05, 0) is 48.5 Å². The number of aromatic nitrogens is 2. The first-order chi connectivity index (χ1) is 19.4. The largest absolute Gasteiger partial charge is 0.497 e. The van der Waals surface area contributed by atoms with Gasteiger partial charge in [-0.1, -0.05) is 11.6 Å². The van der Waals surface area contributed by atoms with Crippen molar-refractivity contribution in [3.8, 4) is 23.0 Å². The summed E-state index contributed by atoms with van der Waals surface area (Å²) in [6.45, 7) is -5.26. The van der Waals surface area contributed by atoms with E-state index in [1.54, 1.807) is 4.98 Å². The van der Waals surface area contributed by atoms with Crippen molar-refractivity contribution in [3.63, 3.8) is 0 Å². The van der Waals surface area contributed by atoms with Crippen LogP contribution in [-0.2, 0) is 21.1 Å². The fourth-order valence-corrected chi connectivity index (χ4v) is 5.88. The van der Waals surface area contributed by atoms with Crippen molar-refractivity contribution in [2.75, 3.05) is 20.8 Å². The topological polar surface area (TPSA) is 130 Å². The number of aliphatic hydroxyl groups excluding tert-OH is 1. The number of aromatic amines is 1. The maximum absolute atomic E-state index is 15.2. The van der Waals surface area contributed by atoms with Gasteiger partial charge in [-0.25, -0.2) is 18.0 Å². The molecule has 1 aliphatic rings. The molecule has 1 aromatic heterocycles. The zero-order valence-corrected chi connectivity index (χ0v) is 23.7. The third-order valence-electron chi connectivity index (χ3n) is 5.98. The number of halogens is 4. The Hall–Kier alpha value is -3.07. The van der Waals surface area contributed by atoms with Crippen molar-refractivity contribution in [1.82, 2.24) is 9.55 Å². The number of benzene rings is 2. The highest BCUT2D eigenvalue weighted by Crippen LogP contribution is 2.53. The zero-order chi connectivity index (χ0) is 29.9. The highest BCUT2D eigenvalue weighted by Gasteiger charge is 2.62. The molecular formula is C24H23ClF3N2O9PS. The molecule has 0 spiro atoms. The molecule has 4 atom stereocenters. The molecule has 0 radical (unpaired) electrons. The number of H-pyrrole nitrogens is 1. The lowest BCUT2D eigenvalue weighted by Crippen LogP contribution is -2.52. The van der Waals surface area contributed by atoms with E-state index in [0.29, 0.717) is 22.3 Å². The summed E-state index contributed by atoms with van der Waals surface area (Å²) in [6, 6.07) is 12.0. The minimum Gasteiger partial charge on any atom is -0.497 e. The van der Waals surface area contributed by atoms with Crippen molar-refractivity contribution >= 4 is 30.1 Å². The molecule has 0 bridgehead atoms. The number of nitrogens with one attached hydrogen (secondary N) is 1. The van der Waals surface area contributed by atoms with Crippen LogP contribution >= 0.6 is 18.3 Å². The number of hydrogen-bond acceptors (Lipinski definition) is 10. The molecule has 2 N–H and O–H groups in total. The van der Waals surface area contributed by atoms with E-state index >= 15 is 4.39 Å². The molecule has 3 aromatic rings. The van der Waals surface area contributed by atoms with Crippen LogP contribution in [0.15, 0.2) is 64.3 Å². The van der Waals surface area contributed by atoms with Gasteiger partial charge >= 0.3 is 12.4 Å². The first-order valence-corrected chi connectivity index (χ1v) is 14.6. The van der Waals surface area contributed by atoms with Crippen LogP contribution in [0.1, 0.15) is 6.23 Å². The molecule has 4 rings (SSSR count). The van der Waals surface area contributed by atoms with E-state index in [1.165, 1.54) is 62.8 Å². The summed E-state index contributed by atoms with van der Waals surface area (Å²) in [7, 11) is 2.90. The quantitative estimate of drug-likeness (QED) is 0.299. The standard InChI is InChI=1S/C24H23ClF3N2O9PS/c1-34-13-3-7-15(8-4-13)38-40(41,39-16-9-5-14(35-2)6-10-16)36-12-24(22(27)28)19(31)18(26)21(37-24)30-11-17(25)20(32)29-23(30)33/h3-11,18-19,21-22,31H,12H2,1-2H3,(H,29,32,33)/t18-,19-,21+,24+/m0/s1. The Morgan fingerprint density at radius 3 is 2.00 bits per heavy atom. The molecule has 2 aromatic carbocycles. The lowest BCUT2D eigenvalue weighted by Gasteiger charge is -2.32. The molecule has 17 heteroatoms. The molecule has 0 saturated carbocycles. The van der Waals surface area contributed by atoms with E-state index in [2.05, 4.69) is 0 Å². The summed E-state index contributed by atoms with van der Waals surface area (Å²) in [5.74, 6) is 1.22. The number of rotatable bonds is 11. The molecule has 1 saturated heterocycles. The molecule has 1 aliphatic heterocycles. The summed E-state index contributed by atoms with van der Waals surface area (Å²) >= 11 is 11.2. The van der Waals surface area contributed by atoms with Crippen LogP contribution in [0.2, 0.25) is 5.02 Å². The van der Waals surface area contributed by atoms with E-state index in [9.17, 15) is 23.5 Å². The number of alkyl halides is 3. The summed E-state index contributed by atoms with van der Waals surface area (Å²) in [5.41, 5.74) is -5.23. The van der Waals surface area contributed by atoms with Crippen LogP contribution in [-0.4, -0.2) is 59.8 Å². The Morgan fingerprint density at radius 1 is 1.05 bits per heavy atom. The van der Waals surface area contributed by atoms with Crippen molar-refractivity contribution in [2.24, 2.45) is 0 Å². The summed E-state index contributed by atoms with van der Waals surface area (Å²) in [6.07, 6.45) is -10.0. The number of nitrogens with zero attached hydrogens (tertiary/aromatic N) is 1. The Morgan fingerprint density at radius 2 is 1.54 bits per heavy atom. The molecular weight excluding hydrogens is 616 g/mol. The Balaban J connectivity index is 1.65. The van der Waals surface area contributed by atoms with Gasteiger partial charge in [-0.15, -0.1) is 0 Å². The third kappa shape index (κ3) is 6.55. The van der Waals surface area contributed by atoms with Crippen LogP contribution in [0.5, 0.6) is 23.0 Å². The normalized spacial score (nSPS) is 22.5. The van der Waals surface area contributed by atoms with Gasteiger partial charge < -0.3 is 28.4 Å². The lowest BCUT2D eigenvalue weighted by atomic mass is 9.97. The van der Waals surface area contributed by atoms with Crippen LogP contribution in [0, 0.1) is 0 Å². The number of hydrogen-bond donors (Lipinski definition) is 2. The second kappa shape index (κ2) is 12.4. The average Bonchev–Trinajstić information content (AvgIpc) is 3.21. The molecule has 0 aliphatic carbocycles. The SMILES string of the molecule is COc1ccc(OP(=S)(OC[C@@]2(C(F)F)O[C@@H](n3cc(Cl)c(=O)[nH]c3=O)[C@@H](F)[C@@H]2O)Oc2ccc(OC)cc2)cc1. The van der Waals surface area contributed by atoms with Gasteiger partial charge in [0.15, 0.2) is 18.0 Å². The minimum absolute atomic E-state index is 0.123. The van der Waals surface area contributed by atoms with Crippen LogP contribution in [0.3, 0.4) is 0 Å². The molecule has 0 unspecified atom stereocenters. The minimum atomic E-state index is -4.04. The predicted octanol–water partition coefficient (Wildman–Crippen LogP) is 3.84. The summed E-state index contributed by atoms with van der Waals surface area (Å²) in [5, 5.41) is 10.1. The molecule has 0 amide bonds. The molecule has 41 heavy (non-hydrogen) atoms. The Labute approximate surface area is 240 Å². The Bertz CT molecular complexity index is 1470. The van der Waals surface area contributed by atoms with Gasteiger partial charge in [0.25, 0.3) is 12.0 Å². The number of ether oxygens (including phenoxy) is 3. The fraction of sp³-hybridized carbons (Fsp3) is 0.333. The van der Waals surface area contributed by atoms with Crippen LogP contribution < -0.4 is 29.8 Å². The van der Waals surface area contributed by atoms with Gasteiger partial charge in [0.05, 0.1) is 20.8 Å². The molecule has 1 fully saturated rings. The van der Waals surface area contributed by atoms with E-state index in [1.807, 2.05) is 0 Å². The molecule has 2 heterocycles. The third-order valence-corrected chi connectivity index (χ3v) is 8.33. The summed E-state index contributed by atoms with van der Waals surface area (Å²) < 4.78 is 77.3. The number of methoxy groups -OCH3 is 2. The number of aliphatic hydroxyl groups is 1. The average molecular weight is 639 g/mol. The first-order valence-electron chi connectivity index (χ1n) is 11.6. The van der Waals surface area contributed by atoms with Crippen molar-refractivity contribution < 1.29 is 46.1 Å². The van der Waals surface area contributed by atoms with E-state index in [0.717, 1.165) is 0 Å². The highest BCUT2D eigenvalue weighted by atomic mass is 35.5. The van der Waals surface area contributed by atoms with Crippen LogP contribution in [0.25, 0.3) is 0 Å². The van der Waals surface area contributed by atoms with Crippen LogP contribution in [0.4, 0.5) is 13.2 Å². The highest BCUT2D eigenvalue weighted by molar-refractivity contribution is 8.07. The lowest BCUT2D eigenvalue weighted by molar-refractivity contribution is -0.192. The Kier molecular flexibility index (Phi) is 9.36. The van der Waals surface area contributed by atoms with Crippen molar-refractivity contribution in [2.45, 2.75) is 30.5 Å². The maximum Gasteiger partial charge on any atom is 0.435 e. The van der Waals surface area contributed by atoms with E-state index < -0.39 is 60.1 Å². The smallest absolute Gasteiger partial charge is 0.435 e. The van der Waals surface area contributed by atoms with E-state index in [-0.39, 0.29) is 11.5 Å². The van der Waals surface area contributed by atoms with Gasteiger partial charge in [-0.2, -0.15) is 0 Å². The monoisotopic (exact) mass is 638 g/mol. The van der Waals surface area contributed by atoms with Gasteiger partial charge in [0, 0.05) is 18.0 Å². The van der Waals surface area contributed by atoms with Crippen molar-refractivity contribution in [1.29, 1.82) is 0 Å². The molecule has 222 valence electrons. The van der Waals surface area contributed by atoms with Gasteiger partial charge in [-0.3, -0.25) is 18.9 Å². The summed E-state index contributed by atoms with van der Waals surface area (Å²) in [4.78, 5) is 25.7. The second-order valence-electron chi connectivity index (χ2n) is 8.55. The van der Waals surface area contributed by atoms with Crippen molar-refractivity contribution in [3.05, 3.63) is 80.6 Å². The van der Waals surface area contributed by atoms with Gasteiger partial charge in [0.1, 0.15) is 34.1 Å². The second-order valence-corrected chi connectivity index (χ2v) is 11.8. The zero-order valence-electron chi connectivity index (χ0n) is 21.2.